The first-order chi connectivity index (χ1) is 10.7. The summed E-state index contributed by atoms with van der Waals surface area (Å²) in [6.45, 7) is 2.88. The van der Waals surface area contributed by atoms with E-state index in [2.05, 4.69) is 10.2 Å². The van der Waals surface area contributed by atoms with Gasteiger partial charge in [0.15, 0.2) is 5.69 Å². The van der Waals surface area contributed by atoms with Crippen LogP contribution >= 0.6 is 0 Å². The molecule has 2 aliphatic rings. The molecule has 0 N–H and O–H groups in total. The molecule has 0 radical (unpaired) electrons. The third kappa shape index (κ3) is 2.17. The highest BCUT2D eigenvalue weighted by atomic mass is 16.5. The molecule has 4 rings (SSSR count). The standard InChI is InChI=1S/C15H19N5O2/c1-18-13(4-5-16-18)11-3-2-6-19(10-11)15(21)12-9-14-20(17-12)7-8-22-14/h4-5,9,11H,2-3,6-8,10H2,1H3. The molecule has 7 heteroatoms. The van der Waals surface area contributed by atoms with Crippen LogP contribution in [0, 0.1) is 0 Å². The van der Waals surface area contributed by atoms with Gasteiger partial charge in [0.1, 0.15) is 6.61 Å². The number of ether oxygens (including phenoxy) is 1. The molecule has 2 aliphatic heterocycles. The summed E-state index contributed by atoms with van der Waals surface area (Å²) in [5, 5.41) is 8.59. The summed E-state index contributed by atoms with van der Waals surface area (Å²) in [7, 11) is 1.95. The van der Waals surface area contributed by atoms with E-state index in [1.807, 2.05) is 28.9 Å². The number of aryl methyl sites for hydroxylation is 1. The number of carbonyl (C=O) groups excluding carboxylic acids is 1. The van der Waals surface area contributed by atoms with Crippen LogP contribution in [0.3, 0.4) is 0 Å². The van der Waals surface area contributed by atoms with Crippen LogP contribution in [-0.2, 0) is 13.6 Å². The minimum Gasteiger partial charge on any atom is -0.476 e. The number of hydrogen-bond acceptors (Lipinski definition) is 4. The second-order valence-corrected chi connectivity index (χ2v) is 5.91. The monoisotopic (exact) mass is 301 g/mol. The summed E-state index contributed by atoms with van der Waals surface area (Å²) >= 11 is 0. The predicted octanol–water partition coefficient (Wildman–Crippen LogP) is 1.03. The molecule has 1 unspecified atom stereocenters. The topological polar surface area (TPSA) is 65.2 Å². The van der Waals surface area contributed by atoms with Crippen molar-refractivity contribution in [3.63, 3.8) is 0 Å². The first-order valence-electron chi connectivity index (χ1n) is 7.70. The van der Waals surface area contributed by atoms with Gasteiger partial charge in [-0.2, -0.15) is 10.2 Å². The molecule has 1 amide bonds. The van der Waals surface area contributed by atoms with E-state index in [4.69, 9.17) is 4.74 Å². The van der Waals surface area contributed by atoms with E-state index in [0.29, 0.717) is 24.1 Å². The maximum absolute atomic E-state index is 12.7. The van der Waals surface area contributed by atoms with Crippen molar-refractivity contribution in [1.82, 2.24) is 24.5 Å². The zero-order valence-electron chi connectivity index (χ0n) is 12.6. The van der Waals surface area contributed by atoms with Crippen LogP contribution in [0.15, 0.2) is 18.3 Å². The lowest BCUT2D eigenvalue weighted by molar-refractivity contribution is 0.0697. The van der Waals surface area contributed by atoms with E-state index in [9.17, 15) is 4.79 Å². The van der Waals surface area contributed by atoms with Crippen molar-refractivity contribution < 1.29 is 9.53 Å². The van der Waals surface area contributed by atoms with Crippen molar-refractivity contribution >= 4 is 5.91 Å². The van der Waals surface area contributed by atoms with Crippen LogP contribution in [0.1, 0.15) is 34.9 Å². The molecule has 0 bridgehead atoms. The first-order valence-corrected chi connectivity index (χ1v) is 7.70. The second kappa shape index (κ2) is 5.15. The number of rotatable bonds is 2. The van der Waals surface area contributed by atoms with Crippen molar-refractivity contribution in [2.75, 3.05) is 19.7 Å². The molecule has 1 atom stereocenters. The Morgan fingerprint density at radius 2 is 2.32 bits per heavy atom. The van der Waals surface area contributed by atoms with Gasteiger partial charge in [0.05, 0.1) is 6.54 Å². The molecule has 2 aromatic rings. The Labute approximate surface area is 128 Å². The second-order valence-electron chi connectivity index (χ2n) is 5.91. The van der Waals surface area contributed by atoms with Crippen molar-refractivity contribution in [3.05, 3.63) is 29.7 Å². The largest absolute Gasteiger partial charge is 0.476 e. The SMILES string of the molecule is Cn1nccc1C1CCCN(C(=O)c2cc3n(n2)CCO3)C1. The Balaban J connectivity index is 1.52. The van der Waals surface area contributed by atoms with E-state index in [0.717, 1.165) is 32.5 Å². The van der Waals surface area contributed by atoms with Gasteiger partial charge in [-0.1, -0.05) is 0 Å². The van der Waals surface area contributed by atoms with Gasteiger partial charge in [-0.15, -0.1) is 0 Å². The van der Waals surface area contributed by atoms with Crippen LogP contribution in [0.5, 0.6) is 5.88 Å². The number of amides is 1. The van der Waals surface area contributed by atoms with Gasteiger partial charge >= 0.3 is 0 Å². The summed E-state index contributed by atoms with van der Waals surface area (Å²) in [6.07, 6.45) is 3.91. The summed E-state index contributed by atoms with van der Waals surface area (Å²) in [4.78, 5) is 14.6. The minimum absolute atomic E-state index is 0.00244. The maximum atomic E-state index is 12.7. The fourth-order valence-corrected chi connectivity index (χ4v) is 3.37. The highest BCUT2D eigenvalue weighted by Crippen LogP contribution is 2.28. The summed E-state index contributed by atoms with van der Waals surface area (Å²) in [5.74, 6) is 1.04. The molecule has 7 nitrogen and oxygen atoms in total. The fourth-order valence-electron chi connectivity index (χ4n) is 3.37. The van der Waals surface area contributed by atoms with Crippen LogP contribution in [-0.4, -0.2) is 50.1 Å². The zero-order chi connectivity index (χ0) is 15.1. The molecule has 2 aromatic heterocycles. The molecule has 0 aromatic carbocycles. The van der Waals surface area contributed by atoms with Crippen molar-refractivity contribution in [2.45, 2.75) is 25.3 Å². The van der Waals surface area contributed by atoms with Crippen molar-refractivity contribution in [1.29, 1.82) is 0 Å². The van der Waals surface area contributed by atoms with Crippen LogP contribution in [0.2, 0.25) is 0 Å². The highest BCUT2D eigenvalue weighted by molar-refractivity contribution is 5.92. The number of hydrogen-bond donors (Lipinski definition) is 0. The van der Waals surface area contributed by atoms with Crippen molar-refractivity contribution in [3.8, 4) is 5.88 Å². The van der Waals surface area contributed by atoms with E-state index in [1.54, 1.807) is 10.7 Å². The normalized spacial score (nSPS) is 20.8. The highest BCUT2D eigenvalue weighted by Gasteiger charge is 2.29. The number of likely N-dealkylation sites (tertiary alicyclic amines) is 1. The quantitative estimate of drug-likeness (QED) is 0.831. The third-order valence-corrected chi connectivity index (χ3v) is 4.50. The average molecular weight is 301 g/mol. The Morgan fingerprint density at radius 3 is 3.09 bits per heavy atom. The van der Waals surface area contributed by atoms with Gasteiger partial charge < -0.3 is 9.64 Å². The first kappa shape index (κ1) is 13.4. The van der Waals surface area contributed by atoms with Crippen molar-refractivity contribution in [2.24, 2.45) is 7.05 Å². The zero-order valence-corrected chi connectivity index (χ0v) is 12.6. The number of carbonyl (C=O) groups is 1. The Bertz CT molecular complexity index is 683. The molecule has 4 heterocycles. The lowest BCUT2D eigenvalue weighted by atomic mass is 9.94. The Kier molecular flexibility index (Phi) is 3.13. The lowest BCUT2D eigenvalue weighted by Gasteiger charge is -2.32. The smallest absolute Gasteiger partial charge is 0.274 e. The number of fused-ring (bicyclic) bond motifs is 1. The van der Waals surface area contributed by atoms with E-state index in [1.165, 1.54) is 5.69 Å². The van der Waals surface area contributed by atoms with Gasteiger partial charge in [-0.3, -0.25) is 9.48 Å². The summed E-state index contributed by atoms with van der Waals surface area (Å²) in [6, 6.07) is 3.79. The van der Waals surface area contributed by atoms with Crippen LogP contribution in [0.25, 0.3) is 0 Å². The molecule has 1 fully saturated rings. The number of nitrogens with zero attached hydrogens (tertiary/aromatic N) is 5. The van der Waals surface area contributed by atoms with Gasteiger partial charge in [-0.05, 0) is 18.9 Å². The Morgan fingerprint density at radius 1 is 1.41 bits per heavy atom. The van der Waals surface area contributed by atoms with Gasteiger partial charge in [0.25, 0.3) is 5.91 Å². The van der Waals surface area contributed by atoms with Crippen LogP contribution in [0.4, 0.5) is 0 Å². The molecular formula is C15H19N5O2. The fraction of sp³-hybridized carbons (Fsp3) is 0.533. The Hall–Kier alpha value is -2.31. The molecule has 0 spiro atoms. The van der Waals surface area contributed by atoms with E-state index >= 15 is 0 Å². The molecule has 116 valence electrons. The molecule has 0 saturated carbocycles. The molecular weight excluding hydrogens is 282 g/mol. The van der Waals surface area contributed by atoms with Gasteiger partial charge in [0, 0.05) is 44.0 Å². The molecule has 22 heavy (non-hydrogen) atoms. The third-order valence-electron chi connectivity index (χ3n) is 4.50. The summed E-state index contributed by atoms with van der Waals surface area (Å²) < 4.78 is 9.09. The van der Waals surface area contributed by atoms with E-state index in [-0.39, 0.29) is 5.91 Å². The molecule has 0 aliphatic carbocycles. The van der Waals surface area contributed by atoms with Gasteiger partial charge in [0.2, 0.25) is 5.88 Å². The number of piperidine rings is 1. The lowest BCUT2D eigenvalue weighted by Crippen LogP contribution is -2.39. The predicted molar refractivity (Wildman–Crippen MR) is 78.8 cm³/mol. The minimum atomic E-state index is -0.00244. The average Bonchev–Trinajstić information content (AvgIpc) is 3.21. The number of aromatic nitrogens is 4. The van der Waals surface area contributed by atoms with Crippen LogP contribution < -0.4 is 4.74 Å². The van der Waals surface area contributed by atoms with Gasteiger partial charge in [-0.25, -0.2) is 4.68 Å². The summed E-state index contributed by atoms with van der Waals surface area (Å²) in [5.41, 5.74) is 1.67. The maximum Gasteiger partial charge on any atom is 0.274 e. The van der Waals surface area contributed by atoms with E-state index < -0.39 is 0 Å². The molecule has 1 saturated heterocycles.